The molecule has 10 aromatic rings. The van der Waals surface area contributed by atoms with Crippen LogP contribution in [0.2, 0.25) is 0 Å². The van der Waals surface area contributed by atoms with E-state index in [0.29, 0.717) is 12.4 Å². The van der Waals surface area contributed by atoms with Crippen LogP contribution >= 0.6 is 0 Å². The van der Waals surface area contributed by atoms with Gasteiger partial charge in [-0.25, -0.2) is 9.98 Å². The molecule has 0 atom stereocenters. The van der Waals surface area contributed by atoms with Crippen molar-refractivity contribution < 1.29 is 0 Å². The van der Waals surface area contributed by atoms with Gasteiger partial charge in [-0.15, -0.1) is 0 Å². The summed E-state index contributed by atoms with van der Waals surface area (Å²) in [6, 6.07) is 57.9. The first-order valence-electron chi connectivity index (χ1n) is 17.2. The zero-order chi connectivity index (χ0) is 33.9. The van der Waals surface area contributed by atoms with Gasteiger partial charge in [0.1, 0.15) is 5.65 Å². The maximum absolute atomic E-state index is 5.19. The Morgan fingerprint density at radius 3 is 2.04 bits per heavy atom. The third-order valence-corrected chi connectivity index (χ3v) is 10.0. The predicted molar refractivity (Wildman–Crippen MR) is 214 cm³/mol. The second-order valence-corrected chi connectivity index (χ2v) is 12.9. The van der Waals surface area contributed by atoms with E-state index >= 15 is 0 Å². The molecule has 0 fully saturated rings. The predicted octanol–water partition coefficient (Wildman–Crippen LogP) is 11.2. The Kier molecular flexibility index (Phi) is 6.64. The lowest BCUT2D eigenvalue weighted by atomic mass is 10.0. The number of aliphatic imine (C=N–C) groups is 2. The molecule has 0 amide bonds. The highest BCUT2D eigenvalue weighted by Gasteiger charge is 2.21. The molecule has 51 heavy (non-hydrogen) atoms. The van der Waals surface area contributed by atoms with Gasteiger partial charge in [0.25, 0.3) is 0 Å². The van der Waals surface area contributed by atoms with E-state index in [-0.39, 0.29) is 0 Å². The molecular formula is C46H31N5. The summed E-state index contributed by atoms with van der Waals surface area (Å²) in [5.74, 6) is 0.651. The van der Waals surface area contributed by atoms with Crippen molar-refractivity contribution in [3.63, 3.8) is 0 Å². The van der Waals surface area contributed by atoms with Crippen LogP contribution in [0.1, 0.15) is 11.1 Å². The lowest BCUT2D eigenvalue weighted by Gasteiger charge is -2.14. The van der Waals surface area contributed by atoms with E-state index in [2.05, 4.69) is 154 Å². The zero-order valence-electron chi connectivity index (χ0n) is 27.7. The van der Waals surface area contributed by atoms with E-state index in [1.165, 1.54) is 32.6 Å². The zero-order valence-corrected chi connectivity index (χ0v) is 27.7. The van der Waals surface area contributed by atoms with Crippen LogP contribution < -0.4 is 0 Å². The van der Waals surface area contributed by atoms with Gasteiger partial charge in [0.05, 0.1) is 34.1 Å². The smallest absolute Gasteiger partial charge is 0.154 e. The van der Waals surface area contributed by atoms with E-state index in [1.807, 2.05) is 30.3 Å². The van der Waals surface area contributed by atoms with Gasteiger partial charge in [-0.2, -0.15) is 0 Å². The SMILES string of the molecule is C=NC(=NCc1cccc(-c2ccc(-n3c4ccccc4c4ccc5c6ccccc6c6nc7ccccc7n6c5c43)cc2)c1)c1ccccc1. The van der Waals surface area contributed by atoms with Crippen molar-refractivity contribution in [2.24, 2.45) is 9.98 Å². The minimum Gasteiger partial charge on any atom is -0.307 e. The first-order chi connectivity index (χ1) is 25.3. The monoisotopic (exact) mass is 653 g/mol. The Morgan fingerprint density at radius 2 is 1.24 bits per heavy atom. The van der Waals surface area contributed by atoms with Crippen molar-refractivity contribution in [2.75, 3.05) is 0 Å². The molecule has 0 aliphatic carbocycles. The quantitative estimate of drug-likeness (QED) is 0.104. The lowest BCUT2D eigenvalue weighted by molar-refractivity contribution is 1.06. The number of nitrogens with zero attached hydrogens (tertiary/aromatic N) is 5. The summed E-state index contributed by atoms with van der Waals surface area (Å²) in [5.41, 5.74) is 12.1. The van der Waals surface area contributed by atoms with Crippen molar-refractivity contribution in [3.8, 4) is 16.8 Å². The van der Waals surface area contributed by atoms with Gasteiger partial charge in [-0.05, 0) is 65.2 Å². The molecule has 3 aromatic heterocycles. The molecule has 0 saturated heterocycles. The molecule has 0 unspecified atom stereocenters. The number of hydrogen-bond acceptors (Lipinski definition) is 2. The molecular weight excluding hydrogens is 623 g/mol. The van der Waals surface area contributed by atoms with Gasteiger partial charge in [-0.3, -0.25) is 9.39 Å². The van der Waals surface area contributed by atoms with Gasteiger partial charge >= 0.3 is 0 Å². The largest absolute Gasteiger partial charge is 0.307 e. The Morgan fingerprint density at radius 1 is 0.549 bits per heavy atom. The number of hydrogen-bond donors (Lipinski definition) is 0. The molecule has 0 bridgehead atoms. The molecule has 0 radical (unpaired) electrons. The third-order valence-electron chi connectivity index (χ3n) is 10.0. The van der Waals surface area contributed by atoms with Crippen molar-refractivity contribution in [1.82, 2.24) is 14.0 Å². The topological polar surface area (TPSA) is 47.0 Å². The van der Waals surface area contributed by atoms with E-state index in [1.54, 1.807) is 0 Å². The molecule has 0 aliphatic rings. The van der Waals surface area contributed by atoms with Gasteiger partial charge in [0, 0.05) is 32.8 Å². The molecule has 0 aliphatic heterocycles. The minimum atomic E-state index is 0.523. The summed E-state index contributed by atoms with van der Waals surface area (Å²) in [5, 5.41) is 6.00. The van der Waals surface area contributed by atoms with Crippen LogP contribution in [0.4, 0.5) is 0 Å². The van der Waals surface area contributed by atoms with E-state index in [9.17, 15) is 0 Å². The summed E-state index contributed by atoms with van der Waals surface area (Å²) in [4.78, 5) is 14.2. The number of para-hydroxylation sites is 3. The summed E-state index contributed by atoms with van der Waals surface area (Å²) in [6.07, 6.45) is 0. The summed E-state index contributed by atoms with van der Waals surface area (Å²) in [7, 11) is 0. The van der Waals surface area contributed by atoms with Gasteiger partial charge in [0.2, 0.25) is 0 Å². The standard InChI is InChI=1S/C46H31N5/c1-47-45(32-13-3-2-4-14-32)48-29-30-12-11-15-33(28-30)31-22-24-34(25-23-31)50-41-20-9-7-17-36(41)38-27-26-37-35-16-5-6-18-39(35)46-49-40-19-8-10-21-42(40)51(46)44(37)43(38)50/h2-28H,1,29H2. The Balaban J connectivity index is 1.15. The lowest BCUT2D eigenvalue weighted by Crippen LogP contribution is -1.98. The minimum absolute atomic E-state index is 0.523. The molecule has 7 aromatic carbocycles. The van der Waals surface area contributed by atoms with E-state index in [0.717, 1.165) is 55.5 Å². The molecule has 240 valence electrons. The first kappa shape index (κ1) is 29.1. The highest BCUT2D eigenvalue weighted by Crippen LogP contribution is 2.41. The van der Waals surface area contributed by atoms with Gasteiger partial charge in [0.15, 0.2) is 5.84 Å². The molecule has 0 N–H and O–H groups in total. The Bertz CT molecular complexity index is 3000. The van der Waals surface area contributed by atoms with Crippen LogP contribution in [0.5, 0.6) is 0 Å². The summed E-state index contributed by atoms with van der Waals surface area (Å²) in [6.45, 7) is 4.27. The van der Waals surface area contributed by atoms with Crippen LogP contribution in [0.3, 0.4) is 0 Å². The molecule has 0 saturated carbocycles. The molecule has 5 heteroatoms. The Labute approximate surface area is 294 Å². The van der Waals surface area contributed by atoms with Crippen molar-refractivity contribution >= 4 is 72.7 Å². The fourth-order valence-electron chi connectivity index (χ4n) is 7.74. The number of rotatable bonds is 5. The summed E-state index contributed by atoms with van der Waals surface area (Å²) >= 11 is 0. The maximum atomic E-state index is 5.19. The molecule has 10 rings (SSSR count). The Hall–Kier alpha value is -6.85. The number of fused-ring (bicyclic) bond motifs is 12. The number of amidine groups is 1. The van der Waals surface area contributed by atoms with Gasteiger partial charge in [-0.1, -0.05) is 127 Å². The second kappa shape index (κ2) is 11.6. The second-order valence-electron chi connectivity index (χ2n) is 12.9. The van der Waals surface area contributed by atoms with Crippen molar-refractivity contribution in [3.05, 3.63) is 175 Å². The third kappa shape index (κ3) is 4.59. The normalized spacial score (nSPS) is 12.2. The summed E-state index contributed by atoms with van der Waals surface area (Å²) < 4.78 is 4.80. The van der Waals surface area contributed by atoms with Crippen LogP contribution in [0.15, 0.2) is 174 Å². The van der Waals surface area contributed by atoms with Crippen LogP contribution in [0.25, 0.3) is 77.0 Å². The number of imidazole rings is 1. The highest BCUT2D eigenvalue weighted by atomic mass is 15.1. The maximum Gasteiger partial charge on any atom is 0.154 e. The number of pyridine rings is 1. The highest BCUT2D eigenvalue weighted by molar-refractivity contribution is 6.24. The van der Waals surface area contributed by atoms with E-state index in [4.69, 9.17) is 9.98 Å². The average Bonchev–Trinajstić information content (AvgIpc) is 3.76. The van der Waals surface area contributed by atoms with Crippen LogP contribution in [-0.4, -0.2) is 26.5 Å². The van der Waals surface area contributed by atoms with Crippen molar-refractivity contribution in [2.45, 2.75) is 6.54 Å². The van der Waals surface area contributed by atoms with Crippen LogP contribution in [0, 0.1) is 0 Å². The number of aromatic nitrogens is 3. The van der Waals surface area contributed by atoms with Crippen molar-refractivity contribution in [1.29, 1.82) is 0 Å². The fraction of sp³-hybridized carbons (Fsp3) is 0.0217. The molecule has 3 heterocycles. The molecule has 5 nitrogen and oxygen atoms in total. The number of benzene rings is 7. The van der Waals surface area contributed by atoms with E-state index < -0.39 is 0 Å². The van der Waals surface area contributed by atoms with Gasteiger partial charge < -0.3 is 4.57 Å². The van der Waals surface area contributed by atoms with Crippen LogP contribution in [-0.2, 0) is 6.54 Å². The first-order valence-corrected chi connectivity index (χ1v) is 17.2. The average molecular weight is 654 g/mol. The molecule has 0 spiro atoms. The fourth-order valence-corrected chi connectivity index (χ4v) is 7.74.